The molecule has 212 valence electrons. The molecule has 0 aliphatic heterocycles. The molecule has 2 amide bonds. The first-order valence-electron chi connectivity index (χ1n) is 12.8. The number of halogens is 1. The number of thioether (sulfide) groups is 1. The van der Waals surface area contributed by atoms with Gasteiger partial charge in [-0.3, -0.25) is 9.59 Å². The van der Waals surface area contributed by atoms with Crippen molar-refractivity contribution < 1.29 is 19.1 Å². The Kier molecular flexibility index (Phi) is 10.2. The molecule has 0 spiro atoms. The van der Waals surface area contributed by atoms with Crippen molar-refractivity contribution in [2.24, 2.45) is 0 Å². The fraction of sp³-hybridized carbons (Fsp3) is 0.226. The highest BCUT2D eigenvalue weighted by molar-refractivity contribution is 7.99. The Morgan fingerprint density at radius 2 is 1.56 bits per heavy atom. The number of benzene rings is 3. The Morgan fingerprint density at radius 1 is 0.902 bits per heavy atom. The maximum Gasteiger partial charge on any atom is 0.251 e. The number of rotatable bonds is 11. The lowest BCUT2D eigenvalue weighted by Gasteiger charge is -2.32. The predicted molar refractivity (Wildman–Crippen MR) is 162 cm³/mol. The first-order chi connectivity index (χ1) is 19.7. The third-order valence-electron chi connectivity index (χ3n) is 6.20. The molecule has 0 unspecified atom stereocenters. The zero-order valence-electron chi connectivity index (χ0n) is 23.3. The van der Waals surface area contributed by atoms with Gasteiger partial charge in [0.05, 0.1) is 20.0 Å². The summed E-state index contributed by atoms with van der Waals surface area (Å²) in [5.74, 6) is 0.634. The van der Waals surface area contributed by atoms with Crippen molar-refractivity contribution in [3.05, 3.63) is 106 Å². The zero-order valence-corrected chi connectivity index (χ0v) is 24.8. The number of hydrogen-bond donors (Lipinski definition) is 1. The van der Waals surface area contributed by atoms with E-state index in [0.717, 1.165) is 17.0 Å². The van der Waals surface area contributed by atoms with Crippen molar-refractivity contribution in [3.8, 4) is 11.5 Å². The number of carbonyl (C=O) groups excluding carboxylic acids is 2. The molecular weight excluding hydrogens is 560 g/mol. The van der Waals surface area contributed by atoms with Gasteiger partial charge < -0.3 is 19.7 Å². The van der Waals surface area contributed by atoms with E-state index in [9.17, 15) is 9.59 Å². The van der Waals surface area contributed by atoms with Gasteiger partial charge in [-0.15, -0.1) is 0 Å². The molecule has 10 heteroatoms. The third-order valence-corrected chi connectivity index (χ3v) is 7.28. The maximum absolute atomic E-state index is 14.0. The summed E-state index contributed by atoms with van der Waals surface area (Å²) in [5.41, 5.74) is 3.63. The zero-order chi connectivity index (χ0) is 29.4. The van der Waals surface area contributed by atoms with E-state index in [2.05, 4.69) is 15.3 Å². The summed E-state index contributed by atoms with van der Waals surface area (Å²) >= 11 is 7.36. The molecule has 0 saturated heterocycles. The van der Waals surface area contributed by atoms with Crippen LogP contribution in [0.1, 0.15) is 28.6 Å². The van der Waals surface area contributed by atoms with Crippen molar-refractivity contribution in [2.75, 3.05) is 25.3 Å². The first-order valence-corrected chi connectivity index (χ1v) is 14.2. The quantitative estimate of drug-likeness (QED) is 0.163. The molecule has 4 rings (SSSR count). The minimum Gasteiger partial charge on any atom is -0.497 e. The van der Waals surface area contributed by atoms with Crippen molar-refractivity contribution in [3.63, 3.8) is 0 Å². The van der Waals surface area contributed by atoms with Crippen LogP contribution in [-0.4, -0.2) is 46.7 Å². The van der Waals surface area contributed by atoms with E-state index in [0.29, 0.717) is 32.9 Å². The van der Waals surface area contributed by atoms with Crippen LogP contribution >= 0.6 is 23.4 Å². The number of carbonyl (C=O) groups is 2. The molecule has 0 saturated carbocycles. The van der Waals surface area contributed by atoms with E-state index < -0.39 is 6.04 Å². The lowest BCUT2D eigenvalue weighted by molar-refractivity contribution is -0.137. The predicted octanol–water partition coefficient (Wildman–Crippen LogP) is 6.26. The second kappa shape index (κ2) is 14.0. The highest BCUT2D eigenvalue weighted by Gasteiger charge is 2.32. The summed E-state index contributed by atoms with van der Waals surface area (Å²) in [7, 11) is 3.14. The fourth-order valence-corrected chi connectivity index (χ4v) is 5.21. The van der Waals surface area contributed by atoms with Crippen molar-refractivity contribution in [1.82, 2.24) is 14.9 Å². The van der Waals surface area contributed by atoms with Crippen LogP contribution in [0.3, 0.4) is 0 Å². The van der Waals surface area contributed by atoms with Gasteiger partial charge in [-0.2, -0.15) is 0 Å². The lowest BCUT2D eigenvalue weighted by Crippen LogP contribution is -2.41. The summed E-state index contributed by atoms with van der Waals surface area (Å²) in [4.78, 5) is 38.4. The summed E-state index contributed by atoms with van der Waals surface area (Å²) in [6, 6.07) is 22.3. The molecule has 1 heterocycles. The largest absolute Gasteiger partial charge is 0.497 e. The molecule has 1 aromatic heterocycles. The fourth-order valence-electron chi connectivity index (χ4n) is 4.25. The van der Waals surface area contributed by atoms with Crippen LogP contribution in [0.5, 0.6) is 11.5 Å². The number of amides is 2. The van der Waals surface area contributed by atoms with E-state index in [-0.39, 0.29) is 24.1 Å². The number of anilines is 1. The lowest BCUT2D eigenvalue weighted by atomic mass is 10.0. The molecule has 0 radical (unpaired) electrons. The molecule has 0 aliphatic rings. The summed E-state index contributed by atoms with van der Waals surface area (Å²) in [6.07, 6.45) is 0. The van der Waals surface area contributed by atoms with Crippen molar-refractivity contribution >= 4 is 40.9 Å². The number of aryl methyl sites for hydroxylation is 2. The highest BCUT2D eigenvalue weighted by atomic mass is 35.5. The van der Waals surface area contributed by atoms with Gasteiger partial charge in [0.2, 0.25) is 5.91 Å². The van der Waals surface area contributed by atoms with Gasteiger partial charge in [-0.1, -0.05) is 47.6 Å². The number of nitrogens with zero attached hydrogens (tertiary/aromatic N) is 3. The van der Waals surface area contributed by atoms with Crippen LogP contribution in [0.15, 0.2) is 84.0 Å². The van der Waals surface area contributed by atoms with E-state index in [1.807, 2.05) is 38.1 Å². The number of hydrogen-bond acceptors (Lipinski definition) is 7. The van der Waals surface area contributed by atoms with Crippen LogP contribution in [0, 0.1) is 13.8 Å². The van der Waals surface area contributed by atoms with Crippen LogP contribution in [0.4, 0.5) is 5.69 Å². The topological polar surface area (TPSA) is 93.7 Å². The van der Waals surface area contributed by atoms with Gasteiger partial charge in [-0.25, -0.2) is 9.97 Å². The molecule has 0 fully saturated rings. The highest BCUT2D eigenvalue weighted by Crippen LogP contribution is 2.30. The van der Waals surface area contributed by atoms with E-state index >= 15 is 0 Å². The SMILES string of the molecule is COc1ccc(NC(=O)[C@@H](c2cccc(OC)c2)N(Cc2ccc(Cl)cc2)C(=O)CSc2nc(C)cc(C)n2)cc1. The van der Waals surface area contributed by atoms with Crippen molar-refractivity contribution in [1.29, 1.82) is 0 Å². The average molecular weight is 591 g/mol. The smallest absolute Gasteiger partial charge is 0.251 e. The average Bonchev–Trinajstić information content (AvgIpc) is 2.96. The van der Waals surface area contributed by atoms with Gasteiger partial charge >= 0.3 is 0 Å². The second-order valence-electron chi connectivity index (χ2n) is 9.27. The summed E-state index contributed by atoms with van der Waals surface area (Å²) in [5, 5.41) is 4.05. The molecule has 4 aromatic rings. The van der Waals surface area contributed by atoms with Gasteiger partial charge in [0.15, 0.2) is 5.16 Å². The third kappa shape index (κ3) is 8.22. The van der Waals surface area contributed by atoms with Crippen LogP contribution in [0.2, 0.25) is 5.02 Å². The summed E-state index contributed by atoms with van der Waals surface area (Å²) < 4.78 is 10.7. The Labute approximate surface area is 249 Å². The minimum absolute atomic E-state index is 0.0345. The normalized spacial score (nSPS) is 11.4. The first kappa shape index (κ1) is 29.9. The Bertz CT molecular complexity index is 1480. The van der Waals surface area contributed by atoms with Gasteiger partial charge in [-0.05, 0) is 79.6 Å². The van der Waals surface area contributed by atoms with Crippen LogP contribution in [-0.2, 0) is 16.1 Å². The Hall–Kier alpha value is -4.08. The van der Waals surface area contributed by atoms with Crippen LogP contribution < -0.4 is 14.8 Å². The van der Waals surface area contributed by atoms with Gasteiger partial charge in [0, 0.05) is 28.6 Å². The molecule has 0 aliphatic carbocycles. The number of aromatic nitrogens is 2. The molecule has 1 atom stereocenters. The van der Waals surface area contributed by atoms with Crippen LogP contribution in [0.25, 0.3) is 0 Å². The molecule has 3 aromatic carbocycles. The Balaban J connectivity index is 1.71. The Morgan fingerprint density at radius 3 is 2.20 bits per heavy atom. The molecular formula is C31H31ClN4O4S. The van der Waals surface area contributed by atoms with Crippen molar-refractivity contribution in [2.45, 2.75) is 31.6 Å². The number of nitrogens with one attached hydrogen (secondary N) is 1. The standard InChI is InChI=1S/C31H31ClN4O4S/c1-20-16-21(2)34-31(33-20)41-19-28(37)36(18-22-8-10-24(32)11-9-22)29(23-6-5-7-27(17-23)40-4)30(38)35-25-12-14-26(39-3)15-13-25/h5-17,29H,18-19H2,1-4H3,(H,35,38)/t29-/m1/s1. The minimum atomic E-state index is -0.976. The molecule has 1 N–H and O–H groups in total. The summed E-state index contributed by atoms with van der Waals surface area (Å²) in [6.45, 7) is 3.94. The van der Waals surface area contributed by atoms with E-state index in [1.165, 1.54) is 11.8 Å². The molecule has 41 heavy (non-hydrogen) atoms. The molecule has 8 nitrogen and oxygen atoms in total. The van der Waals surface area contributed by atoms with E-state index in [4.69, 9.17) is 21.1 Å². The van der Waals surface area contributed by atoms with E-state index in [1.54, 1.807) is 73.7 Å². The monoisotopic (exact) mass is 590 g/mol. The number of ether oxygens (including phenoxy) is 2. The second-order valence-corrected chi connectivity index (χ2v) is 10.6. The van der Waals surface area contributed by atoms with Gasteiger partial charge in [0.1, 0.15) is 17.5 Å². The number of methoxy groups -OCH3 is 2. The molecule has 0 bridgehead atoms. The maximum atomic E-state index is 14.0. The van der Waals surface area contributed by atoms with Gasteiger partial charge in [0.25, 0.3) is 5.91 Å².